The lowest BCUT2D eigenvalue weighted by Crippen LogP contribution is -2.22. The van der Waals surface area contributed by atoms with Crippen molar-refractivity contribution in [2.24, 2.45) is 0 Å². The molecule has 0 fully saturated rings. The molecule has 0 saturated heterocycles. The number of hydrogen-bond donors (Lipinski definition) is 1. The first-order valence-electron chi connectivity index (χ1n) is 7.57. The van der Waals surface area contributed by atoms with Crippen LogP contribution in [-0.2, 0) is 6.54 Å². The van der Waals surface area contributed by atoms with E-state index < -0.39 is 5.82 Å². The molecular weight excluding hydrogens is 341 g/mol. The average Bonchev–Trinajstić information content (AvgIpc) is 3.01. The smallest absolute Gasteiger partial charge is 0.263 e. The fraction of sp³-hybridized carbons (Fsp3) is 0.167. The molecule has 1 amide bonds. The Morgan fingerprint density at radius 1 is 1.32 bits per heavy atom. The maximum atomic E-state index is 14.2. The van der Waals surface area contributed by atoms with E-state index in [0.29, 0.717) is 27.9 Å². The number of methoxy groups -OCH3 is 1. The number of halogens is 1. The molecule has 0 aliphatic rings. The van der Waals surface area contributed by atoms with Crippen molar-refractivity contribution in [1.82, 2.24) is 15.3 Å². The fourth-order valence-corrected chi connectivity index (χ4v) is 3.40. The van der Waals surface area contributed by atoms with E-state index in [-0.39, 0.29) is 11.5 Å². The van der Waals surface area contributed by atoms with Gasteiger partial charge in [0.25, 0.3) is 5.91 Å². The van der Waals surface area contributed by atoms with Crippen LogP contribution in [0, 0.1) is 12.7 Å². The Morgan fingerprint density at radius 2 is 2.16 bits per heavy atom. The van der Waals surface area contributed by atoms with Gasteiger partial charge in [0.1, 0.15) is 21.5 Å². The van der Waals surface area contributed by atoms with Gasteiger partial charge in [0.15, 0.2) is 0 Å². The summed E-state index contributed by atoms with van der Waals surface area (Å²) in [6, 6.07) is 8.26. The number of carbonyl (C=O) groups excluding carboxylic acids is 1. The highest BCUT2D eigenvalue weighted by molar-refractivity contribution is 7.17. The summed E-state index contributed by atoms with van der Waals surface area (Å²) in [5, 5.41) is 3.25. The van der Waals surface area contributed by atoms with Gasteiger partial charge in [-0.25, -0.2) is 9.37 Å². The van der Waals surface area contributed by atoms with Crippen LogP contribution in [0.4, 0.5) is 4.39 Å². The molecule has 2 aromatic heterocycles. The summed E-state index contributed by atoms with van der Waals surface area (Å²) in [5.41, 5.74) is 1.72. The number of benzene rings is 1. The van der Waals surface area contributed by atoms with Crippen LogP contribution in [0.2, 0.25) is 0 Å². The van der Waals surface area contributed by atoms with Gasteiger partial charge in [-0.1, -0.05) is 12.1 Å². The Morgan fingerprint density at radius 3 is 2.88 bits per heavy atom. The summed E-state index contributed by atoms with van der Waals surface area (Å²) in [6.07, 6.45) is 3.36. The van der Waals surface area contributed by atoms with Gasteiger partial charge in [0.05, 0.1) is 18.4 Å². The summed E-state index contributed by atoms with van der Waals surface area (Å²) in [5.74, 6) is -0.299. The molecule has 0 aliphatic heterocycles. The van der Waals surface area contributed by atoms with E-state index in [0.717, 1.165) is 16.9 Å². The molecule has 0 aliphatic carbocycles. The third-order valence-electron chi connectivity index (χ3n) is 3.59. The number of ether oxygens (including phenoxy) is 1. The molecule has 0 spiro atoms. The summed E-state index contributed by atoms with van der Waals surface area (Å²) in [6.45, 7) is 2.09. The summed E-state index contributed by atoms with van der Waals surface area (Å²) >= 11 is 1.14. The minimum Gasteiger partial charge on any atom is -0.496 e. The van der Waals surface area contributed by atoms with Gasteiger partial charge < -0.3 is 10.1 Å². The predicted molar refractivity (Wildman–Crippen MR) is 94.2 cm³/mol. The van der Waals surface area contributed by atoms with E-state index in [2.05, 4.69) is 15.3 Å². The number of nitrogens with zero attached hydrogens (tertiary/aromatic N) is 2. The zero-order valence-corrected chi connectivity index (χ0v) is 14.6. The quantitative estimate of drug-likeness (QED) is 0.758. The number of pyridine rings is 1. The molecular formula is C18H16FN3O2S. The number of thiazole rings is 1. The van der Waals surface area contributed by atoms with Gasteiger partial charge in [-0.3, -0.25) is 9.78 Å². The zero-order valence-electron chi connectivity index (χ0n) is 13.7. The molecule has 0 saturated carbocycles. The molecule has 7 heteroatoms. The second-order valence-corrected chi connectivity index (χ2v) is 6.29. The second-order valence-electron chi connectivity index (χ2n) is 5.29. The first kappa shape index (κ1) is 17.0. The lowest BCUT2D eigenvalue weighted by Gasteiger charge is -2.06. The summed E-state index contributed by atoms with van der Waals surface area (Å²) in [7, 11) is 1.47. The Bertz CT molecular complexity index is 897. The molecule has 0 radical (unpaired) electrons. The maximum absolute atomic E-state index is 14.2. The molecule has 2 heterocycles. The standard InChI is InChI=1S/C18H16FN3O2S/c1-11-16(17(23)21-10-12-5-4-8-20-9-12)25-18(22-11)15-13(19)6-3-7-14(15)24-2/h3-9H,10H2,1-2H3,(H,21,23). The van der Waals surface area contributed by atoms with E-state index in [1.54, 1.807) is 31.5 Å². The van der Waals surface area contributed by atoms with E-state index in [4.69, 9.17) is 4.74 Å². The van der Waals surface area contributed by atoms with Crippen molar-refractivity contribution in [3.8, 4) is 16.3 Å². The van der Waals surface area contributed by atoms with Crippen LogP contribution >= 0.6 is 11.3 Å². The molecule has 5 nitrogen and oxygen atoms in total. The van der Waals surface area contributed by atoms with Crippen LogP contribution in [0.25, 0.3) is 10.6 Å². The summed E-state index contributed by atoms with van der Waals surface area (Å²) < 4.78 is 19.4. The minimum atomic E-state index is -0.435. The van der Waals surface area contributed by atoms with Crippen molar-refractivity contribution in [2.45, 2.75) is 13.5 Å². The highest BCUT2D eigenvalue weighted by atomic mass is 32.1. The Kier molecular flexibility index (Phi) is 5.04. The van der Waals surface area contributed by atoms with E-state index in [1.807, 2.05) is 12.1 Å². The molecule has 25 heavy (non-hydrogen) atoms. The largest absolute Gasteiger partial charge is 0.496 e. The lowest BCUT2D eigenvalue weighted by molar-refractivity contribution is 0.0954. The van der Waals surface area contributed by atoms with Gasteiger partial charge in [-0.2, -0.15) is 0 Å². The first-order chi connectivity index (χ1) is 12.1. The van der Waals surface area contributed by atoms with Crippen LogP contribution in [0.5, 0.6) is 5.75 Å². The van der Waals surface area contributed by atoms with Gasteiger partial charge in [0.2, 0.25) is 0 Å². The molecule has 3 rings (SSSR count). The van der Waals surface area contributed by atoms with Gasteiger partial charge in [-0.15, -0.1) is 11.3 Å². The average molecular weight is 357 g/mol. The monoisotopic (exact) mass is 357 g/mol. The Labute approximate surface area is 148 Å². The first-order valence-corrected chi connectivity index (χ1v) is 8.39. The molecule has 0 bridgehead atoms. The summed E-state index contributed by atoms with van der Waals surface area (Å²) in [4.78, 5) is 21.2. The third kappa shape index (κ3) is 3.66. The van der Waals surface area contributed by atoms with Crippen molar-refractivity contribution >= 4 is 17.2 Å². The molecule has 1 aromatic carbocycles. The molecule has 0 atom stereocenters. The van der Waals surface area contributed by atoms with E-state index in [1.165, 1.54) is 13.2 Å². The SMILES string of the molecule is COc1cccc(F)c1-c1nc(C)c(C(=O)NCc2cccnc2)s1. The number of aryl methyl sites for hydroxylation is 1. The lowest BCUT2D eigenvalue weighted by atomic mass is 10.2. The van der Waals surface area contributed by atoms with Gasteiger partial charge in [0, 0.05) is 18.9 Å². The number of rotatable bonds is 5. The molecule has 128 valence electrons. The van der Waals surface area contributed by atoms with E-state index in [9.17, 15) is 9.18 Å². The maximum Gasteiger partial charge on any atom is 0.263 e. The topological polar surface area (TPSA) is 64.1 Å². The van der Waals surface area contributed by atoms with E-state index >= 15 is 0 Å². The Balaban J connectivity index is 1.84. The van der Waals surface area contributed by atoms with Crippen molar-refractivity contribution in [1.29, 1.82) is 0 Å². The number of aromatic nitrogens is 2. The number of carbonyl (C=O) groups is 1. The zero-order chi connectivity index (χ0) is 17.8. The second kappa shape index (κ2) is 7.40. The minimum absolute atomic E-state index is 0.250. The fourth-order valence-electron chi connectivity index (χ4n) is 2.36. The Hall–Kier alpha value is -2.80. The van der Waals surface area contributed by atoms with Crippen LogP contribution < -0.4 is 10.1 Å². The van der Waals surface area contributed by atoms with Crippen LogP contribution in [0.1, 0.15) is 20.9 Å². The van der Waals surface area contributed by atoms with Crippen molar-refractivity contribution < 1.29 is 13.9 Å². The number of amides is 1. The predicted octanol–water partition coefficient (Wildman–Crippen LogP) is 3.59. The number of nitrogens with one attached hydrogen (secondary N) is 1. The van der Waals surface area contributed by atoms with Gasteiger partial charge in [-0.05, 0) is 30.7 Å². The van der Waals surface area contributed by atoms with Crippen molar-refractivity contribution in [3.63, 3.8) is 0 Å². The molecule has 1 N–H and O–H groups in total. The van der Waals surface area contributed by atoms with Crippen molar-refractivity contribution in [3.05, 3.63) is 64.7 Å². The highest BCUT2D eigenvalue weighted by Gasteiger charge is 2.20. The molecule has 0 unspecified atom stereocenters. The van der Waals surface area contributed by atoms with Crippen LogP contribution in [-0.4, -0.2) is 23.0 Å². The van der Waals surface area contributed by atoms with Crippen molar-refractivity contribution in [2.75, 3.05) is 7.11 Å². The normalized spacial score (nSPS) is 10.5. The highest BCUT2D eigenvalue weighted by Crippen LogP contribution is 2.36. The van der Waals surface area contributed by atoms with Crippen LogP contribution in [0.15, 0.2) is 42.7 Å². The number of hydrogen-bond acceptors (Lipinski definition) is 5. The molecule has 3 aromatic rings. The van der Waals surface area contributed by atoms with Gasteiger partial charge >= 0.3 is 0 Å². The van der Waals surface area contributed by atoms with Crippen LogP contribution in [0.3, 0.4) is 0 Å². The third-order valence-corrected chi connectivity index (χ3v) is 4.76.